The van der Waals surface area contributed by atoms with E-state index in [1.165, 1.54) is 12.8 Å². The van der Waals surface area contributed by atoms with Crippen molar-refractivity contribution < 1.29 is 4.74 Å². The van der Waals surface area contributed by atoms with E-state index < -0.39 is 0 Å². The molecule has 1 atom stereocenters. The monoisotopic (exact) mass is 277 g/mol. The number of hydrogen-bond acceptors (Lipinski definition) is 4. The van der Waals surface area contributed by atoms with Crippen LogP contribution in [-0.4, -0.2) is 36.3 Å². The molecule has 1 aromatic heterocycles. The van der Waals surface area contributed by atoms with E-state index in [1.807, 2.05) is 0 Å². The van der Waals surface area contributed by atoms with E-state index in [0.29, 0.717) is 11.8 Å². The molecule has 1 saturated heterocycles. The second-order valence-electron chi connectivity index (χ2n) is 5.99. The van der Waals surface area contributed by atoms with Crippen LogP contribution in [0, 0.1) is 12.8 Å². The summed E-state index contributed by atoms with van der Waals surface area (Å²) < 4.78 is 5.58. The minimum atomic E-state index is 0.373. The predicted octanol–water partition coefficient (Wildman–Crippen LogP) is 3.16. The maximum Gasteiger partial charge on any atom is 0.133 e. The molecule has 0 spiro atoms. The van der Waals surface area contributed by atoms with Gasteiger partial charge in [-0.1, -0.05) is 13.8 Å². The summed E-state index contributed by atoms with van der Waals surface area (Å²) in [6.07, 6.45) is 2.48. The predicted molar refractivity (Wildman–Crippen MR) is 82.3 cm³/mol. The summed E-state index contributed by atoms with van der Waals surface area (Å²) in [5, 5.41) is 0. The number of rotatable bonds is 5. The molecule has 4 nitrogen and oxygen atoms in total. The summed E-state index contributed by atoms with van der Waals surface area (Å²) in [6, 6.07) is 2.11. The summed E-state index contributed by atoms with van der Waals surface area (Å²) in [7, 11) is 0. The van der Waals surface area contributed by atoms with E-state index >= 15 is 0 Å². The minimum absolute atomic E-state index is 0.373. The molecule has 0 bridgehead atoms. The Hall–Kier alpha value is -1.16. The Morgan fingerprint density at radius 1 is 1.40 bits per heavy atom. The molecule has 1 fully saturated rings. The van der Waals surface area contributed by atoms with Crippen LogP contribution in [-0.2, 0) is 4.74 Å². The summed E-state index contributed by atoms with van der Waals surface area (Å²) >= 11 is 0. The van der Waals surface area contributed by atoms with Crippen LogP contribution in [0.25, 0.3) is 0 Å². The molecule has 1 unspecified atom stereocenters. The number of piperidine rings is 1. The van der Waals surface area contributed by atoms with Crippen LogP contribution in [0.15, 0.2) is 6.07 Å². The average molecular weight is 277 g/mol. The Bertz CT molecular complexity index is 434. The molecule has 112 valence electrons. The largest absolute Gasteiger partial charge is 0.381 e. The summed E-state index contributed by atoms with van der Waals surface area (Å²) in [5.41, 5.74) is 1.06. The number of hydrogen-bond donors (Lipinski definition) is 0. The highest BCUT2D eigenvalue weighted by Crippen LogP contribution is 2.23. The van der Waals surface area contributed by atoms with Crippen molar-refractivity contribution in [1.82, 2.24) is 9.97 Å². The highest BCUT2D eigenvalue weighted by atomic mass is 16.5. The molecule has 0 radical (unpaired) electrons. The molecule has 1 aromatic rings. The number of nitrogens with zero attached hydrogens (tertiary/aromatic N) is 3. The molecule has 0 aromatic carbocycles. The lowest BCUT2D eigenvalue weighted by Crippen LogP contribution is -2.38. The third-order valence-electron chi connectivity index (χ3n) is 3.78. The van der Waals surface area contributed by atoms with Crippen LogP contribution in [0.5, 0.6) is 0 Å². The van der Waals surface area contributed by atoms with Crippen LogP contribution >= 0.6 is 0 Å². The number of ether oxygens (including phenoxy) is 1. The first-order valence-electron chi connectivity index (χ1n) is 7.78. The Labute approximate surface area is 122 Å². The zero-order valence-electron chi connectivity index (χ0n) is 13.2. The Balaban J connectivity index is 2.10. The van der Waals surface area contributed by atoms with Gasteiger partial charge in [0.1, 0.15) is 11.6 Å². The maximum absolute atomic E-state index is 5.58. The lowest BCUT2D eigenvalue weighted by atomic mass is 9.99. The van der Waals surface area contributed by atoms with E-state index in [4.69, 9.17) is 9.72 Å². The van der Waals surface area contributed by atoms with Crippen molar-refractivity contribution in [3.05, 3.63) is 17.6 Å². The van der Waals surface area contributed by atoms with Crippen molar-refractivity contribution in [3.63, 3.8) is 0 Å². The quantitative estimate of drug-likeness (QED) is 0.828. The Morgan fingerprint density at radius 2 is 2.20 bits per heavy atom. The van der Waals surface area contributed by atoms with Gasteiger partial charge in [0.25, 0.3) is 0 Å². The SMILES string of the molecule is CCOCC1CCCN(c2cc(C)nc(C(C)C)n2)C1. The molecule has 2 heterocycles. The lowest BCUT2D eigenvalue weighted by molar-refractivity contribution is 0.104. The zero-order chi connectivity index (χ0) is 14.5. The zero-order valence-corrected chi connectivity index (χ0v) is 13.2. The van der Waals surface area contributed by atoms with Crippen molar-refractivity contribution in [2.24, 2.45) is 5.92 Å². The van der Waals surface area contributed by atoms with E-state index in [9.17, 15) is 0 Å². The van der Waals surface area contributed by atoms with Gasteiger partial charge in [0, 0.05) is 37.4 Å². The first kappa shape index (κ1) is 15.2. The van der Waals surface area contributed by atoms with Crippen LogP contribution in [0.3, 0.4) is 0 Å². The summed E-state index contributed by atoms with van der Waals surface area (Å²) in [4.78, 5) is 11.7. The van der Waals surface area contributed by atoms with Gasteiger partial charge < -0.3 is 9.64 Å². The van der Waals surface area contributed by atoms with Gasteiger partial charge in [-0.3, -0.25) is 0 Å². The van der Waals surface area contributed by atoms with Crippen molar-refractivity contribution in [3.8, 4) is 0 Å². The Morgan fingerprint density at radius 3 is 2.90 bits per heavy atom. The molecular formula is C16H27N3O. The second-order valence-corrected chi connectivity index (χ2v) is 5.99. The molecule has 0 amide bonds. The summed E-state index contributed by atoms with van der Waals surface area (Å²) in [5.74, 6) is 3.04. The second kappa shape index (κ2) is 7.02. The standard InChI is InChI=1S/C16H27N3O/c1-5-20-11-14-7-6-8-19(10-14)15-9-13(4)17-16(18-15)12(2)3/h9,12,14H,5-8,10-11H2,1-4H3. The lowest BCUT2D eigenvalue weighted by Gasteiger charge is -2.33. The highest BCUT2D eigenvalue weighted by Gasteiger charge is 2.22. The van der Waals surface area contributed by atoms with E-state index in [-0.39, 0.29) is 0 Å². The van der Waals surface area contributed by atoms with Crippen molar-refractivity contribution in [1.29, 1.82) is 0 Å². The van der Waals surface area contributed by atoms with E-state index in [1.54, 1.807) is 0 Å². The topological polar surface area (TPSA) is 38.2 Å². The average Bonchev–Trinajstić information content (AvgIpc) is 2.44. The maximum atomic E-state index is 5.58. The van der Waals surface area contributed by atoms with Gasteiger partial charge >= 0.3 is 0 Å². The minimum Gasteiger partial charge on any atom is -0.381 e. The van der Waals surface area contributed by atoms with Crippen LogP contribution in [0.4, 0.5) is 5.82 Å². The molecule has 4 heteroatoms. The van der Waals surface area contributed by atoms with Gasteiger partial charge in [-0.05, 0) is 32.6 Å². The van der Waals surface area contributed by atoms with Crippen molar-refractivity contribution in [2.45, 2.75) is 46.5 Å². The van der Waals surface area contributed by atoms with Gasteiger partial charge in [0.15, 0.2) is 0 Å². The molecule has 1 aliphatic heterocycles. The first-order chi connectivity index (χ1) is 9.60. The fourth-order valence-electron chi connectivity index (χ4n) is 2.69. The molecule has 2 rings (SSSR count). The molecule has 20 heavy (non-hydrogen) atoms. The van der Waals surface area contributed by atoms with Crippen LogP contribution in [0.2, 0.25) is 0 Å². The van der Waals surface area contributed by atoms with E-state index in [0.717, 1.165) is 43.6 Å². The molecule has 0 aliphatic carbocycles. The van der Waals surface area contributed by atoms with Gasteiger partial charge in [-0.2, -0.15) is 0 Å². The number of anilines is 1. The fraction of sp³-hybridized carbons (Fsp3) is 0.750. The van der Waals surface area contributed by atoms with Gasteiger partial charge in [-0.25, -0.2) is 9.97 Å². The number of aromatic nitrogens is 2. The van der Waals surface area contributed by atoms with Crippen molar-refractivity contribution in [2.75, 3.05) is 31.2 Å². The third-order valence-corrected chi connectivity index (χ3v) is 3.78. The molecule has 0 saturated carbocycles. The number of aryl methyl sites for hydroxylation is 1. The van der Waals surface area contributed by atoms with Crippen LogP contribution < -0.4 is 4.90 Å². The van der Waals surface area contributed by atoms with Crippen LogP contribution in [0.1, 0.15) is 51.0 Å². The van der Waals surface area contributed by atoms with Gasteiger partial charge in [0.2, 0.25) is 0 Å². The van der Waals surface area contributed by atoms with Gasteiger partial charge in [0.05, 0.1) is 6.61 Å². The molecule has 0 N–H and O–H groups in total. The molecular weight excluding hydrogens is 250 g/mol. The highest BCUT2D eigenvalue weighted by molar-refractivity contribution is 5.40. The van der Waals surface area contributed by atoms with E-state index in [2.05, 4.69) is 43.6 Å². The summed E-state index contributed by atoms with van der Waals surface area (Å²) in [6.45, 7) is 12.2. The first-order valence-corrected chi connectivity index (χ1v) is 7.78. The van der Waals surface area contributed by atoms with Crippen molar-refractivity contribution >= 4 is 5.82 Å². The smallest absolute Gasteiger partial charge is 0.133 e. The van der Waals surface area contributed by atoms with Gasteiger partial charge in [-0.15, -0.1) is 0 Å². The Kier molecular flexibility index (Phi) is 5.35. The normalized spacial score (nSPS) is 19.6. The third kappa shape index (κ3) is 3.92. The molecule has 1 aliphatic rings. The fourth-order valence-corrected chi connectivity index (χ4v) is 2.69.